The average molecular weight is 380 g/mol. The van der Waals surface area contributed by atoms with E-state index in [0.29, 0.717) is 19.4 Å². The van der Waals surface area contributed by atoms with Gasteiger partial charge in [0.15, 0.2) is 0 Å². The first-order chi connectivity index (χ1) is 13.1. The van der Waals surface area contributed by atoms with Gasteiger partial charge in [0.25, 0.3) is 6.47 Å². The summed E-state index contributed by atoms with van der Waals surface area (Å²) >= 11 is 0. The van der Waals surface area contributed by atoms with Gasteiger partial charge in [0, 0.05) is 58.5 Å². The van der Waals surface area contributed by atoms with E-state index in [-0.39, 0.29) is 18.3 Å². The van der Waals surface area contributed by atoms with E-state index >= 15 is 0 Å². The van der Waals surface area contributed by atoms with Crippen LogP contribution in [0.3, 0.4) is 0 Å². The van der Waals surface area contributed by atoms with Crippen molar-refractivity contribution in [3.05, 3.63) is 0 Å². The molecule has 0 saturated carbocycles. The minimum absolute atomic E-state index is 0.188. The zero-order valence-electron chi connectivity index (χ0n) is 16.5. The van der Waals surface area contributed by atoms with Crippen LogP contribution >= 0.6 is 0 Å². The van der Waals surface area contributed by atoms with Crippen molar-refractivity contribution in [2.24, 2.45) is 0 Å². The van der Waals surface area contributed by atoms with Crippen LogP contribution in [0.4, 0.5) is 0 Å². The lowest BCUT2D eigenvalue weighted by Crippen LogP contribution is -2.38. The normalized spacial score (nSPS) is 18.3. The van der Waals surface area contributed by atoms with Crippen LogP contribution in [0.15, 0.2) is 0 Å². The molecule has 7 nitrogen and oxygen atoms in total. The molecule has 152 valence electrons. The van der Waals surface area contributed by atoms with Gasteiger partial charge in [0.2, 0.25) is 11.8 Å². The quantitative estimate of drug-likeness (QED) is 0.590. The zero-order chi connectivity index (χ0) is 19.9. The second-order valence-corrected chi connectivity index (χ2v) is 6.76. The van der Waals surface area contributed by atoms with Gasteiger partial charge in [0.1, 0.15) is 0 Å². The van der Waals surface area contributed by atoms with E-state index in [9.17, 15) is 9.59 Å². The van der Waals surface area contributed by atoms with Crippen molar-refractivity contribution in [2.75, 3.05) is 45.8 Å². The Labute approximate surface area is 162 Å². The number of carboxylic acid groups (broad SMARTS) is 1. The molecule has 2 fully saturated rings. The smallest absolute Gasteiger partial charge is 0.290 e. The van der Waals surface area contributed by atoms with Crippen molar-refractivity contribution in [3.63, 3.8) is 0 Å². The fourth-order valence-electron chi connectivity index (χ4n) is 3.33. The number of amides is 2. The summed E-state index contributed by atoms with van der Waals surface area (Å²) in [6.45, 7) is 7.52. The van der Waals surface area contributed by atoms with Gasteiger partial charge in [0.05, 0.1) is 6.54 Å². The van der Waals surface area contributed by atoms with E-state index in [2.05, 4.69) is 23.7 Å². The fourth-order valence-corrected chi connectivity index (χ4v) is 3.33. The third kappa shape index (κ3) is 9.43. The van der Waals surface area contributed by atoms with Gasteiger partial charge in [-0.2, -0.15) is 0 Å². The average Bonchev–Trinajstić information content (AvgIpc) is 3.01. The van der Waals surface area contributed by atoms with Crippen molar-refractivity contribution in [1.82, 2.24) is 14.7 Å². The van der Waals surface area contributed by atoms with Crippen LogP contribution in [-0.2, 0) is 14.4 Å². The Morgan fingerprint density at radius 1 is 1.07 bits per heavy atom. The molecule has 2 aliphatic rings. The molecule has 2 aliphatic heterocycles. The van der Waals surface area contributed by atoms with Crippen LogP contribution in [0.2, 0.25) is 0 Å². The first-order valence-corrected chi connectivity index (χ1v) is 9.93. The van der Waals surface area contributed by atoms with Gasteiger partial charge >= 0.3 is 0 Å². The molecule has 0 aliphatic carbocycles. The van der Waals surface area contributed by atoms with Gasteiger partial charge in [-0.1, -0.05) is 19.3 Å². The molecule has 2 saturated heterocycles. The van der Waals surface area contributed by atoms with Gasteiger partial charge in [-0.05, 0) is 19.3 Å². The number of carbonyl (C=O) groups is 3. The van der Waals surface area contributed by atoms with Crippen LogP contribution < -0.4 is 0 Å². The Morgan fingerprint density at radius 2 is 1.85 bits per heavy atom. The Kier molecular flexibility index (Phi) is 11.9. The van der Waals surface area contributed by atoms with Crippen LogP contribution in [0, 0.1) is 11.8 Å². The van der Waals surface area contributed by atoms with E-state index in [1.165, 1.54) is 0 Å². The van der Waals surface area contributed by atoms with E-state index < -0.39 is 0 Å². The summed E-state index contributed by atoms with van der Waals surface area (Å²) in [6, 6.07) is 0. The maximum absolute atomic E-state index is 12.5. The molecule has 2 heterocycles. The van der Waals surface area contributed by atoms with Crippen molar-refractivity contribution in [2.45, 2.75) is 51.9 Å². The summed E-state index contributed by atoms with van der Waals surface area (Å²) < 4.78 is 0. The highest BCUT2D eigenvalue weighted by atomic mass is 16.3. The van der Waals surface area contributed by atoms with E-state index in [1.54, 1.807) is 0 Å². The zero-order valence-corrected chi connectivity index (χ0v) is 16.5. The largest absolute Gasteiger partial charge is 0.483 e. The molecule has 7 heteroatoms. The Hall–Kier alpha value is -2.07. The number of likely N-dealkylation sites (tertiary alicyclic amines) is 1. The predicted molar refractivity (Wildman–Crippen MR) is 104 cm³/mol. The van der Waals surface area contributed by atoms with E-state index in [4.69, 9.17) is 9.90 Å². The van der Waals surface area contributed by atoms with Gasteiger partial charge < -0.3 is 14.9 Å². The molecule has 0 bridgehead atoms. The van der Waals surface area contributed by atoms with Crippen molar-refractivity contribution in [3.8, 4) is 11.8 Å². The van der Waals surface area contributed by atoms with Gasteiger partial charge in [-0.15, -0.1) is 5.92 Å². The van der Waals surface area contributed by atoms with Gasteiger partial charge in [-0.25, -0.2) is 0 Å². The number of hydrogen-bond donors (Lipinski definition) is 1. The maximum atomic E-state index is 12.5. The monoisotopic (exact) mass is 379 g/mol. The van der Waals surface area contributed by atoms with Crippen molar-refractivity contribution in [1.29, 1.82) is 0 Å². The number of rotatable bonds is 4. The Bertz CT molecular complexity index is 527. The third-order valence-corrected chi connectivity index (χ3v) is 4.81. The van der Waals surface area contributed by atoms with Crippen LogP contribution in [0.1, 0.15) is 51.9 Å². The van der Waals surface area contributed by atoms with Crippen molar-refractivity contribution < 1.29 is 19.5 Å². The number of hydrogen-bond acceptors (Lipinski definition) is 4. The minimum Gasteiger partial charge on any atom is -0.483 e. The molecule has 1 N–H and O–H groups in total. The third-order valence-electron chi connectivity index (χ3n) is 4.81. The SMILES string of the molecule is CCC#CCN1CCCN(C(=O)CCN2CCCCCC2=O)CC1.O=CO. The molecule has 2 amide bonds. The Morgan fingerprint density at radius 3 is 2.59 bits per heavy atom. The van der Waals surface area contributed by atoms with Crippen molar-refractivity contribution >= 4 is 18.3 Å². The van der Waals surface area contributed by atoms with Crippen LogP contribution in [0.5, 0.6) is 0 Å². The van der Waals surface area contributed by atoms with Gasteiger partial charge in [-0.3, -0.25) is 19.3 Å². The lowest BCUT2D eigenvalue weighted by Gasteiger charge is -2.24. The molecular weight excluding hydrogens is 346 g/mol. The highest BCUT2D eigenvalue weighted by Gasteiger charge is 2.21. The lowest BCUT2D eigenvalue weighted by atomic mass is 10.2. The summed E-state index contributed by atoms with van der Waals surface area (Å²) in [5.74, 6) is 6.70. The summed E-state index contributed by atoms with van der Waals surface area (Å²) in [5.41, 5.74) is 0. The first kappa shape index (κ1) is 23.0. The molecule has 0 aromatic rings. The Balaban J connectivity index is 0.00000114. The predicted octanol–water partition coefficient (Wildman–Crippen LogP) is 1.43. The fraction of sp³-hybridized carbons (Fsp3) is 0.750. The molecule has 27 heavy (non-hydrogen) atoms. The second kappa shape index (κ2) is 14.0. The standard InChI is InChI=1S/C19H31N3O2.CH2O2/c1-2-3-6-11-20-12-8-14-22(17-16-20)19(24)10-15-21-13-7-4-5-9-18(21)23;2-1-3/h2,4-5,7-17H2,1H3;1H,(H,2,3). The second-order valence-electron chi connectivity index (χ2n) is 6.76. The number of nitrogens with zero attached hydrogens (tertiary/aromatic N) is 3. The summed E-state index contributed by atoms with van der Waals surface area (Å²) in [6.07, 6.45) is 6.19. The minimum atomic E-state index is -0.250. The molecule has 0 unspecified atom stereocenters. The highest BCUT2D eigenvalue weighted by Crippen LogP contribution is 2.12. The molecule has 0 aromatic heterocycles. The summed E-state index contributed by atoms with van der Waals surface area (Å²) in [7, 11) is 0. The van der Waals surface area contributed by atoms with E-state index in [1.807, 2.05) is 9.80 Å². The molecule has 0 radical (unpaired) electrons. The lowest BCUT2D eigenvalue weighted by molar-refractivity contribution is -0.134. The topological polar surface area (TPSA) is 81.2 Å². The molecule has 2 rings (SSSR count). The highest BCUT2D eigenvalue weighted by molar-refractivity contribution is 5.79. The molecule has 0 atom stereocenters. The van der Waals surface area contributed by atoms with Crippen LogP contribution in [0.25, 0.3) is 0 Å². The maximum Gasteiger partial charge on any atom is 0.290 e. The molecular formula is C20H33N3O4. The molecule has 0 spiro atoms. The van der Waals surface area contributed by atoms with E-state index in [0.717, 1.165) is 71.4 Å². The van der Waals surface area contributed by atoms with Crippen LogP contribution in [-0.4, -0.2) is 83.9 Å². The summed E-state index contributed by atoms with van der Waals surface area (Å²) in [4.78, 5) is 39.0. The number of carbonyl (C=O) groups excluding carboxylic acids is 2. The summed E-state index contributed by atoms with van der Waals surface area (Å²) in [5, 5.41) is 6.89. The molecule has 0 aromatic carbocycles. The first-order valence-electron chi connectivity index (χ1n) is 9.93.